The molecule has 2 aromatic rings. The Morgan fingerprint density at radius 1 is 1.50 bits per heavy atom. The zero-order valence-corrected chi connectivity index (χ0v) is 10.8. The van der Waals surface area contributed by atoms with E-state index < -0.39 is 15.2 Å². The Hall–Kier alpha value is -0.850. The lowest BCUT2D eigenvalue weighted by Crippen LogP contribution is -2.12. The predicted octanol–water partition coefficient (Wildman–Crippen LogP) is 2.54. The van der Waals surface area contributed by atoms with Gasteiger partial charge in [0.1, 0.15) is 5.21 Å². The van der Waals surface area contributed by atoms with Crippen molar-refractivity contribution in [2.24, 2.45) is 0 Å². The number of hydrogen-bond donors (Lipinski definition) is 1. The minimum Gasteiger partial charge on any atom is -0.258 e. The number of nitrogens with zero attached hydrogens (tertiary/aromatic N) is 1. The third-order valence-electron chi connectivity index (χ3n) is 1.93. The predicted molar refractivity (Wildman–Crippen MR) is 67.6 cm³/mol. The molecule has 0 aliphatic carbocycles. The average Bonchev–Trinajstić information content (AvgIpc) is 2.58. The van der Waals surface area contributed by atoms with E-state index in [2.05, 4.69) is 9.71 Å². The molecular weight excluding hydrogens is 268 g/mol. The van der Waals surface area contributed by atoms with E-state index in [1.54, 1.807) is 0 Å². The summed E-state index contributed by atoms with van der Waals surface area (Å²) in [7, 11) is -3.47. The molecule has 0 saturated heterocycles. The lowest BCUT2D eigenvalue weighted by atomic mass is 10.2. The standard InChI is InChI=1S/C9H9ClN2O2S2/c1-6-2-3-7-8(4-6)15-9(11-7)12-16(13,14)5-10/h2-4H,5H2,1H3,(H,11,12). The Bertz CT molecular complexity index is 621. The second-order valence-corrected chi connectivity index (χ2v) is 6.65. The summed E-state index contributed by atoms with van der Waals surface area (Å²) in [5.41, 5.74) is 1.89. The largest absolute Gasteiger partial charge is 0.258 e. The summed E-state index contributed by atoms with van der Waals surface area (Å²) >= 11 is 6.59. The minimum absolute atomic E-state index is 0.348. The average molecular weight is 277 g/mol. The second-order valence-electron chi connectivity index (χ2n) is 3.32. The van der Waals surface area contributed by atoms with Gasteiger partial charge in [0.15, 0.2) is 5.13 Å². The van der Waals surface area contributed by atoms with Crippen molar-refractivity contribution in [3.8, 4) is 0 Å². The molecule has 0 bridgehead atoms. The molecule has 0 unspecified atom stereocenters. The van der Waals surface area contributed by atoms with Gasteiger partial charge in [0.25, 0.3) is 0 Å². The normalized spacial score (nSPS) is 11.9. The molecule has 1 aromatic carbocycles. The van der Waals surface area contributed by atoms with Crippen LogP contribution in [0.2, 0.25) is 0 Å². The van der Waals surface area contributed by atoms with Crippen molar-refractivity contribution in [2.75, 3.05) is 9.93 Å². The van der Waals surface area contributed by atoms with Crippen molar-refractivity contribution in [2.45, 2.75) is 6.92 Å². The molecule has 0 aliphatic rings. The first-order chi connectivity index (χ1) is 7.50. The van der Waals surface area contributed by atoms with Gasteiger partial charge in [0.05, 0.1) is 10.2 Å². The van der Waals surface area contributed by atoms with E-state index >= 15 is 0 Å². The van der Waals surface area contributed by atoms with Gasteiger partial charge in [-0.2, -0.15) is 0 Å². The molecule has 16 heavy (non-hydrogen) atoms. The van der Waals surface area contributed by atoms with E-state index in [0.29, 0.717) is 5.13 Å². The number of aromatic nitrogens is 1. The molecule has 0 aliphatic heterocycles. The van der Waals surface area contributed by atoms with Gasteiger partial charge < -0.3 is 0 Å². The molecular formula is C9H9ClN2O2S2. The summed E-state index contributed by atoms with van der Waals surface area (Å²) in [5.74, 6) is 0. The first-order valence-electron chi connectivity index (χ1n) is 4.44. The van der Waals surface area contributed by atoms with Crippen molar-refractivity contribution in [3.05, 3.63) is 23.8 Å². The van der Waals surface area contributed by atoms with Gasteiger partial charge in [0.2, 0.25) is 10.0 Å². The van der Waals surface area contributed by atoms with E-state index in [1.807, 2.05) is 25.1 Å². The van der Waals surface area contributed by atoms with Gasteiger partial charge in [-0.3, -0.25) is 4.72 Å². The van der Waals surface area contributed by atoms with Gasteiger partial charge in [-0.15, -0.1) is 11.6 Å². The zero-order chi connectivity index (χ0) is 11.8. The fourth-order valence-electron chi connectivity index (χ4n) is 1.24. The van der Waals surface area contributed by atoms with Crippen LogP contribution in [0.25, 0.3) is 10.2 Å². The van der Waals surface area contributed by atoms with Crippen LogP contribution < -0.4 is 4.72 Å². The lowest BCUT2D eigenvalue weighted by molar-refractivity contribution is 0.605. The van der Waals surface area contributed by atoms with E-state index in [9.17, 15) is 8.42 Å². The van der Waals surface area contributed by atoms with Gasteiger partial charge in [0, 0.05) is 0 Å². The van der Waals surface area contributed by atoms with E-state index in [1.165, 1.54) is 11.3 Å². The van der Waals surface area contributed by atoms with Crippen LogP contribution in [0.4, 0.5) is 5.13 Å². The number of fused-ring (bicyclic) bond motifs is 1. The quantitative estimate of drug-likeness (QED) is 0.877. The third-order valence-corrected chi connectivity index (χ3v) is 4.65. The topological polar surface area (TPSA) is 59.1 Å². The van der Waals surface area contributed by atoms with E-state index in [0.717, 1.165) is 15.8 Å². The number of sulfonamides is 1. The molecule has 7 heteroatoms. The number of halogens is 1. The molecule has 86 valence electrons. The van der Waals surface area contributed by atoms with Crippen LogP contribution in [0.1, 0.15) is 5.56 Å². The van der Waals surface area contributed by atoms with Crippen LogP contribution >= 0.6 is 22.9 Å². The number of alkyl halides is 1. The van der Waals surface area contributed by atoms with Gasteiger partial charge in [-0.25, -0.2) is 13.4 Å². The number of nitrogens with one attached hydrogen (secondary N) is 1. The fourth-order valence-corrected chi connectivity index (χ4v) is 3.13. The van der Waals surface area contributed by atoms with Crippen molar-refractivity contribution < 1.29 is 8.42 Å². The monoisotopic (exact) mass is 276 g/mol. The molecule has 1 heterocycles. The summed E-state index contributed by atoms with van der Waals surface area (Å²) in [4.78, 5) is 4.16. The van der Waals surface area contributed by atoms with Gasteiger partial charge >= 0.3 is 0 Å². The molecule has 1 N–H and O–H groups in total. The smallest absolute Gasteiger partial charge is 0.248 e. The maximum absolute atomic E-state index is 11.2. The summed E-state index contributed by atoms with van der Waals surface area (Å²) < 4.78 is 25.7. The number of aryl methyl sites for hydroxylation is 1. The Balaban J connectivity index is 2.40. The lowest BCUT2D eigenvalue weighted by Gasteiger charge is -1.98. The molecule has 0 atom stereocenters. The highest BCUT2D eigenvalue weighted by atomic mass is 35.5. The second kappa shape index (κ2) is 4.20. The van der Waals surface area contributed by atoms with Crippen LogP contribution in [0.5, 0.6) is 0 Å². The van der Waals surface area contributed by atoms with Crippen molar-refractivity contribution in [3.63, 3.8) is 0 Å². The van der Waals surface area contributed by atoms with Crippen molar-refractivity contribution in [1.82, 2.24) is 4.98 Å². The summed E-state index contributed by atoms with van der Waals surface area (Å²) in [6.45, 7) is 1.97. The molecule has 0 fully saturated rings. The molecule has 0 spiro atoms. The summed E-state index contributed by atoms with van der Waals surface area (Å²) in [5, 5.41) is -0.122. The molecule has 0 saturated carbocycles. The first-order valence-corrected chi connectivity index (χ1v) is 7.44. The van der Waals surface area contributed by atoms with Crippen LogP contribution in [-0.2, 0) is 10.0 Å². The summed E-state index contributed by atoms with van der Waals surface area (Å²) in [6, 6.07) is 5.76. The Morgan fingerprint density at radius 2 is 2.25 bits per heavy atom. The van der Waals surface area contributed by atoms with Crippen LogP contribution in [-0.4, -0.2) is 18.6 Å². The molecule has 0 amide bonds. The first kappa shape index (κ1) is 11.6. The van der Waals surface area contributed by atoms with Crippen LogP contribution in [0.3, 0.4) is 0 Å². The Labute approximate surface area is 102 Å². The van der Waals surface area contributed by atoms with E-state index in [-0.39, 0.29) is 0 Å². The van der Waals surface area contributed by atoms with Gasteiger partial charge in [-0.05, 0) is 24.6 Å². The number of hydrogen-bond acceptors (Lipinski definition) is 4. The molecule has 4 nitrogen and oxygen atoms in total. The van der Waals surface area contributed by atoms with Crippen molar-refractivity contribution in [1.29, 1.82) is 0 Å². The van der Waals surface area contributed by atoms with E-state index in [4.69, 9.17) is 11.6 Å². The molecule has 2 rings (SSSR count). The Morgan fingerprint density at radius 3 is 2.94 bits per heavy atom. The Kier molecular flexibility index (Phi) is 3.05. The minimum atomic E-state index is -3.47. The maximum Gasteiger partial charge on any atom is 0.248 e. The van der Waals surface area contributed by atoms with Crippen LogP contribution in [0, 0.1) is 6.92 Å². The van der Waals surface area contributed by atoms with Gasteiger partial charge in [-0.1, -0.05) is 17.4 Å². The number of thiazole rings is 1. The molecule has 1 aromatic heterocycles. The summed E-state index contributed by atoms with van der Waals surface area (Å²) in [6.07, 6.45) is 0. The maximum atomic E-state index is 11.2. The number of rotatable bonds is 3. The van der Waals surface area contributed by atoms with Crippen LogP contribution in [0.15, 0.2) is 18.2 Å². The third kappa shape index (κ3) is 2.45. The number of benzene rings is 1. The highest BCUT2D eigenvalue weighted by Crippen LogP contribution is 2.27. The fraction of sp³-hybridized carbons (Fsp3) is 0.222. The SMILES string of the molecule is Cc1ccc2nc(NS(=O)(=O)CCl)sc2c1. The highest BCUT2D eigenvalue weighted by Gasteiger charge is 2.11. The highest BCUT2D eigenvalue weighted by molar-refractivity contribution is 7.94. The van der Waals surface area contributed by atoms with Crippen molar-refractivity contribution >= 4 is 48.3 Å². The molecule has 0 radical (unpaired) electrons. The zero-order valence-electron chi connectivity index (χ0n) is 8.40. The number of anilines is 1.